The molecule has 2 aromatic carbocycles. The first kappa shape index (κ1) is 27.8. The number of rotatable bonds is 10. The Labute approximate surface area is 226 Å². The summed E-state index contributed by atoms with van der Waals surface area (Å²) in [6, 6.07) is 14.7. The number of carbonyl (C=O) groups excluding carboxylic acids is 2. The zero-order valence-electron chi connectivity index (χ0n) is 22.3. The summed E-state index contributed by atoms with van der Waals surface area (Å²) < 4.78 is 29.1. The third kappa shape index (κ3) is 6.80. The van der Waals surface area contributed by atoms with Crippen LogP contribution < -0.4 is 14.4 Å². The van der Waals surface area contributed by atoms with Crippen LogP contribution in [0.2, 0.25) is 0 Å². The van der Waals surface area contributed by atoms with Gasteiger partial charge in [-0.2, -0.15) is 0 Å². The lowest BCUT2D eigenvalue weighted by Gasteiger charge is -2.36. The van der Waals surface area contributed by atoms with Gasteiger partial charge < -0.3 is 28.9 Å². The molecule has 39 heavy (non-hydrogen) atoms. The van der Waals surface area contributed by atoms with Crippen LogP contribution in [-0.4, -0.2) is 99.0 Å². The normalized spacial score (nSPS) is 13.2. The van der Waals surface area contributed by atoms with Crippen LogP contribution in [0.5, 0.6) is 11.5 Å². The standard InChI is InChI=1S/C28H32FN5O5/c1-37-17-16-34(28(36)20-4-7-22(29)8-5-20)19-27(35)33-14-12-32(13-15-33)26-11-9-23(30-31-26)21-6-10-24(38-2)25(18-21)39-3/h4-11,18H,12-17,19H2,1-3H3. The van der Waals surface area contributed by atoms with Crippen molar-refractivity contribution in [3.8, 4) is 22.8 Å². The Morgan fingerprint density at radius 3 is 2.23 bits per heavy atom. The predicted octanol–water partition coefficient (Wildman–Crippen LogP) is 2.74. The lowest BCUT2D eigenvalue weighted by molar-refractivity contribution is -0.132. The number of amides is 2. The number of piperazine rings is 1. The number of carbonyl (C=O) groups is 2. The zero-order chi connectivity index (χ0) is 27.8. The van der Waals surface area contributed by atoms with Crippen molar-refractivity contribution in [2.24, 2.45) is 0 Å². The molecule has 0 N–H and O–H groups in total. The number of methoxy groups -OCH3 is 3. The topological polar surface area (TPSA) is 97.3 Å². The number of anilines is 1. The molecule has 10 nitrogen and oxygen atoms in total. The lowest BCUT2D eigenvalue weighted by Crippen LogP contribution is -2.52. The molecule has 4 rings (SSSR count). The summed E-state index contributed by atoms with van der Waals surface area (Å²) in [6.45, 7) is 2.59. The summed E-state index contributed by atoms with van der Waals surface area (Å²) in [7, 11) is 4.70. The Balaban J connectivity index is 1.35. The summed E-state index contributed by atoms with van der Waals surface area (Å²) in [4.78, 5) is 31.3. The van der Waals surface area contributed by atoms with Gasteiger partial charge >= 0.3 is 0 Å². The number of benzene rings is 2. The minimum absolute atomic E-state index is 0.0839. The second-order valence-corrected chi connectivity index (χ2v) is 8.94. The molecule has 0 aliphatic carbocycles. The number of nitrogens with zero attached hydrogens (tertiary/aromatic N) is 5. The Bertz CT molecular complexity index is 1260. The Morgan fingerprint density at radius 1 is 0.897 bits per heavy atom. The van der Waals surface area contributed by atoms with E-state index >= 15 is 0 Å². The van der Waals surface area contributed by atoms with Gasteiger partial charge in [-0.1, -0.05) is 0 Å². The van der Waals surface area contributed by atoms with E-state index in [9.17, 15) is 14.0 Å². The van der Waals surface area contributed by atoms with Crippen LogP contribution in [0.3, 0.4) is 0 Å². The van der Waals surface area contributed by atoms with Gasteiger partial charge in [0.15, 0.2) is 17.3 Å². The molecule has 206 valence electrons. The van der Waals surface area contributed by atoms with Gasteiger partial charge in [0.25, 0.3) is 5.91 Å². The minimum atomic E-state index is -0.427. The largest absolute Gasteiger partial charge is 0.493 e. The number of halogens is 1. The van der Waals surface area contributed by atoms with Crippen molar-refractivity contribution in [1.29, 1.82) is 0 Å². The third-order valence-corrected chi connectivity index (χ3v) is 6.56. The van der Waals surface area contributed by atoms with Crippen molar-refractivity contribution in [1.82, 2.24) is 20.0 Å². The molecule has 0 radical (unpaired) electrons. The number of hydrogen-bond acceptors (Lipinski definition) is 8. The Hall–Kier alpha value is -4.25. The third-order valence-electron chi connectivity index (χ3n) is 6.56. The van der Waals surface area contributed by atoms with E-state index in [1.54, 1.807) is 19.1 Å². The molecule has 3 aromatic rings. The summed E-state index contributed by atoms with van der Waals surface area (Å²) in [5, 5.41) is 8.78. The number of hydrogen-bond donors (Lipinski definition) is 0. The first-order valence-electron chi connectivity index (χ1n) is 12.6. The van der Waals surface area contributed by atoms with E-state index in [4.69, 9.17) is 14.2 Å². The minimum Gasteiger partial charge on any atom is -0.493 e. The smallest absolute Gasteiger partial charge is 0.254 e. The molecule has 0 atom stereocenters. The fourth-order valence-corrected chi connectivity index (χ4v) is 4.32. The molecule has 0 spiro atoms. The van der Waals surface area contributed by atoms with Crippen LogP contribution in [0.15, 0.2) is 54.6 Å². The van der Waals surface area contributed by atoms with Crippen molar-refractivity contribution >= 4 is 17.6 Å². The Kier molecular flexibility index (Phi) is 9.27. The molecule has 1 aromatic heterocycles. The average molecular weight is 538 g/mol. The van der Waals surface area contributed by atoms with Crippen molar-refractivity contribution in [3.63, 3.8) is 0 Å². The van der Waals surface area contributed by atoms with Crippen LogP contribution in [0, 0.1) is 5.82 Å². The van der Waals surface area contributed by atoms with Gasteiger partial charge in [0.1, 0.15) is 12.4 Å². The van der Waals surface area contributed by atoms with Gasteiger partial charge in [0.05, 0.1) is 26.5 Å². The van der Waals surface area contributed by atoms with E-state index in [1.807, 2.05) is 30.3 Å². The van der Waals surface area contributed by atoms with E-state index in [1.165, 1.54) is 36.3 Å². The summed E-state index contributed by atoms with van der Waals surface area (Å²) in [5.41, 5.74) is 1.88. The zero-order valence-corrected chi connectivity index (χ0v) is 22.3. The van der Waals surface area contributed by atoms with Crippen molar-refractivity contribution < 1.29 is 28.2 Å². The number of ether oxygens (including phenoxy) is 3. The average Bonchev–Trinajstić information content (AvgIpc) is 2.99. The monoisotopic (exact) mass is 537 g/mol. The van der Waals surface area contributed by atoms with Gasteiger partial charge in [-0.15, -0.1) is 10.2 Å². The molecular formula is C28H32FN5O5. The highest BCUT2D eigenvalue weighted by atomic mass is 19.1. The molecule has 0 unspecified atom stereocenters. The van der Waals surface area contributed by atoms with Gasteiger partial charge in [-0.05, 0) is 54.6 Å². The van der Waals surface area contributed by atoms with Crippen molar-refractivity contribution in [2.45, 2.75) is 0 Å². The SMILES string of the molecule is COCCN(CC(=O)N1CCN(c2ccc(-c3ccc(OC)c(OC)c3)nn2)CC1)C(=O)c1ccc(F)cc1. The van der Waals surface area contributed by atoms with Crippen LogP contribution in [0.4, 0.5) is 10.2 Å². The Morgan fingerprint density at radius 2 is 1.62 bits per heavy atom. The fraction of sp³-hybridized carbons (Fsp3) is 0.357. The molecule has 0 bridgehead atoms. The van der Waals surface area contributed by atoms with Gasteiger partial charge in [0.2, 0.25) is 5.91 Å². The lowest BCUT2D eigenvalue weighted by atomic mass is 10.1. The summed E-state index contributed by atoms with van der Waals surface area (Å²) in [6.07, 6.45) is 0. The quantitative estimate of drug-likeness (QED) is 0.390. The van der Waals surface area contributed by atoms with Gasteiger partial charge in [-0.25, -0.2) is 4.39 Å². The fourth-order valence-electron chi connectivity index (χ4n) is 4.32. The predicted molar refractivity (Wildman–Crippen MR) is 144 cm³/mol. The molecule has 1 fully saturated rings. The maximum Gasteiger partial charge on any atom is 0.254 e. The molecule has 2 amide bonds. The molecule has 1 aliphatic rings. The summed E-state index contributed by atoms with van der Waals surface area (Å²) >= 11 is 0. The molecule has 2 heterocycles. The highest BCUT2D eigenvalue weighted by Crippen LogP contribution is 2.31. The van der Waals surface area contributed by atoms with E-state index in [-0.39, 0.29) is 31.5 Å². The van der Waals surface area contributed by atoms with E-state index in [2.05, 4.69) is 15.1 Å². The second-order valence-electron chi connectivity index (χ2n) is 8.94. The van der Waals surface area contributed by atoms with Crippen LogP contribution in [0.1, 0.15) is 10.4 Å². The highest BCUT2D eigenvalue weighted by Gasteiger charge is 2.26. The van der Waals surface area contributed by atoms with Gasteiger partial charge in [-0.3, -0.25) is 9.59 Å². The van der Waals surface area contributed by atoms with Crippen LogP contribution in [-0.2, 0) is 9.53 Å². The van der Waals surface area contributed by atoms with Crippen molar-refractivity contribution in [2.75, 3.05) is 72.1 Å². The maximum atomic E-state index is 13.3. The molecule has 0 saturated carbocycles. The molecule has 1 saturated heterocycles. The number of aromatic nitrogens is 2. The van der Waals surface area contributed by atoms with E-state index < -0.39 is 5.82 Å². The van der Waals surface area contributed by atoms with Crippen LogP contribution in [0.25, 0.3) is 11.3 Å². The molecular weight excluding hydrogens is 505 g/mol. The van der Waals surface area contributed by atoms with Crippen molar-refractivity contribution in [3.05, 3.63) is 66.0 Å². The molecule has 11 heteroatoms. The van der Waals surface area contributed by atoms with E-state index in [0.717, 1.165) is 11.4 Å². The van der Waals surface area contributed by atoms with Crippen LogP contribution >= 0.6 is 0 Å². The summed E-state index contributed by atoms with van der Waals surface area (Å²) in [5.74, 6) is 1.05. The van der Waals surface area contributed by atoms with Gasteiger partial charge in [0, 0.05) is 51.0 Å². The maximum absolute atomic E-state index is 13.3. The molecule has 1 aliphatic heterocycles. The van der Waals surface area contributed by atoms with E-state index in [0.29, 0.717) is 48.9 Å². The second kappa shape index (κ2) is 13.0. The highest BCUT2D eigenvalue weighted by molar-refractivity contribution is 5.96. The first-order chi connectivity index (χ1) is 18.9. The first-order valence-corrected chi connectivity index (χ1v) is 12.6.